The smallest absolute Gasteiger partial charge is 0.303 e. The average molecular weight is 346 g/mol. The van der Waals surface area contributed by atoms with Crippen molar-refractivity contribution in [3.8, 4) is 10.4 Å². The summed E-state index contributed by atoms with van der Waals surface area (Å²) in [4.78, 5) is 27.8. The number of aryl methyl sites for hydroxylation is 1. The largest absolute Gasteiger partial charge is 0.481 e. The number of carboxylic acid groups (broad SMARTS) is 1. The third-order valence-corrected chi connectivity index (χ3v) is 4.85. The maximum Gasteiger partial charge on any atom is 0.303 e. The van der Waals surface area contributed by atoms with Gasteiger partial charge < -0.3 is 10.4 Å². The van der Waals surface area contributed by atoms with Crippen molar-refractivity contribution in [3.05, 3.63) is 41.0 Å². The Morgan fingerprint density at radius 1 is 1.29 bits per heavy atom. The fourth-order valence-corrected chi connectivity index (χ4v) is 3.29. The molecule has 2 N–H and O–H groups in total. The summed E-state index contributed by atoms with van der Waals surface area (Å²) < 4.78 is 0. The number of carboxylic acids is 1. The van der Waals surface area contributed by atoms with Crippen molar-refractivity contribution in [2.75, 3.05) is 6.54 Å². The molecule has 0 saturated heterocycles. The van der Waals surface area contributed by atoms with Gasteiger partial charge in [0.15, 0.2) is 0 Å². The van der Waals surface area contributed by atoms with Crippen LogP contribution >= 0.6 is 11.3 Å². The maximum absolute atomic E-state index is 11.9. The number of nitrogens with one attached hydrogen (secondary N) is 1. The molecule has 0 fully saturated rings. The summed E-state index contributed by atoms with van der Waals surface area (Å²) in [6.07, 6.45) is 0.929. The summed E-state index contributed by atoms with van der Waals surface area (Å²) in [6, 6.07) is 8.24. The Morgan fingerprint density at radius 2 is 2.00 bits per heavy atom. The van der Waals surface area contributed by atoms with Gasteiger partial charge in [-0.2, -0.15) is 0 Å². The molecular formula is C18H22N2O3S. The Labute approximate surface area is 145 Å². The lowest BCUT2D eigenvalue weighted by Gasteiger charge is -2.12. The summed E-state index contributed by atoms with van der Waals surface area (Å²) in [5, 5.41) is 11.3. The van der Waals surface area contributed by atoms with Gasteiger partial charge in [0, 0.05) is 19.4 Å². The van der Waals surface area contributed by atoms with Crippen molar-refractivity contribution in [1.29, 1.82) is 0 Å². The van der Waals surface area contributed by atoms with Gasteiger partial charge in [-0.25, -0.2) is 4.98 Å². The lowest BCUT2D eigenvalue weighted by molar-refractivity contribution is -0.137. The summed E-state index contributed by atoms with van der Waals surface area (Å²) in [5.41, 5.74) is 5.13. The predicted octanol–water partition coefficient (Wildman–Crippen LogP) is 3.59. The van der Waals surface area contributed by atoms with Gasteiger partial charge in [0.1, 0.15) is 0 Å². The molecular weight excluding hydrogens is 324 g/mol. The molecule has 1 aromatic carbocycles. The van der Waals surface area contributed by atoms with Crippen LogP contribution in [0.3, 0.4) is 0 Å². The monoisotopic (exact) mass is 346 g/mol. The number of thiazole rings is 1. The average Bonchev–Trinajstić information content (AvgIpc) is 2.97. The summed E-state index contributed by atoms with van der Waals surface area (Å²) in [5.74, 6) is -0.773. The Morgan fingerprint density at radius 3 is 2.58 bits per heavy atom. The molecule has 1 heterocycles. The van der Waals surface area contributed by atoms with Gasteiger partial charge in [-0.15, -0.1) is 11.3 Å². The predicted molar refractivity (Wildman–Crippen MR) is 95.2 cm³/mol. The standard InChI is InChI=1S/C18H22N2O3S/c1-12(10-16(21)19-9-3-4-17(22)23)14-5-7-15(8-6-14)18-13(2)20-11-24-18/h5-8,11-12H,3-4,9-10H2,1-2H3,(H,19,21)(H,22,23)/t12-/m0/s1. The Balaban J connectivity index is 1.86. The zero-order valence-corrected chi connectivity index (χ0v) is 14.7. The van der Waals surface area contributed by atoms with Crippen molar-refractivity contribution in [2.45, 2.75) is 39.0 Å². The van der Waals surface area contributed by atoms with E-state index in [1.54, 1.807) is 11.3 Å². The van der Waals surface area contributed by atoms with Gasteiger partial charge in [-0.05, 0) is 30.4 Å². The minimum atomic E-state index is -0.839. The van der Waals surface area contributed by atoms with Crippen LogP contribution in [0.2, 0.25) is 0 Å². The van der Waals surface area contributed by atoms with Crippen molar-refractivity contribution in [1.82, 2.24) is 10.3 Å². The molecule has 1 aromatic heterocycles. The molecule has 2 rings (SSSR count). The molecule has 1 amide bonds. The van der Waals surface area contributed by atoms with Crippen molar-refractivity contribution >= 4 is 23.2 Å². The van der Waals surface area contributed by atoms with E-state index in [0.29, 0.717) is 19.4 Å². The Bertz CT molecular complexity index is 695. The first-order valence-corrected chi connectivity index (χ1v) is 8.84. The number of carbonyl (C=O) groups is 2. The van der Waals surface area contributed by atoms with E-state index in [4.69, 9.17) is 5.11 Å². The molecule has 0 spiro atoms. The van der Waals surface area contributed by atoms with E-state index in [1.807, 2.05) is 19.4 Å². The first-order chi connectivity index (χ1) is 11.5. The molecule has 5 nitrogen and oxygen atoms in total. The highest BCUT2D eigenvalue weighted by atomic mass is 32.1. The molecule has 0 unspecified atom stereocenters. The van der Waals surface area contributed by atoms with E-state index in [9.17, 15) is 9.59 Å². The summed E-state index contributed by atoms with van der Waals surface area (Å²) in [6.45, 7) is 4.42. The lowest BCUT2D eigenvalue weighted by Crippen LogP contribution is -2.26. The van der Waals surface area contributed by atoms with Gasteiger partial charge in [-0.1, -0.05) is 31.2 Å². The normalized spacial score (nSPS) is 11.9. The molecule has 0 radical (unpaired) electrons. The second-order valence-electron chi connectivity index (χ2n) is 5.84. The zero-order chi connectivity index (χ0) is 17.5. The van der Waals surface area contributed by atoms with Crippen LogP contribution in [-0.4, -0.2) is 28.5 Å². The second kappa shape index (κ2) is 8.59. The minimum absolute atomic E-state index is 0.0460. The molecule has 6 heteroatoms. The van der Waals surface area contributed by atoms with Gasteiger partial charge >= 0.3 is 5.97 Å². The molecule has 0 aliphatic heterocycles. The fraction of sp³-hybridized carbons (Fsp3) is 0.389. The van der Waals surface area contributed by atoms with Gasteiger partial charge in [-0.3, -0.25) is 9.59 Å². The van der Waals surface area contributed by atoms with Crippen LogP contribution in [0.1, 0.15) is 43.4 Å². The van der Waals surface area contributed by atoms with Crippen molar-refractivity contribution in [2.24, 2.45) is 0 Å². The van der Waals surface area contributed by atoms with Crippen LogP contribution in [0.5, 0.6) is 0 Å². The number of aliphatic carboxylic acids is 1. The van der Waals surface area contributed by atoms with E-state index in [0.717, 1.165) is 16.8 Å². The number of carbonyl (C=O) groups excluding carboxylic acids is 1. The fourth-order valence-electron chi connectivity index (χ4n) is 2.48. The van der Waals surface area contributed by atoms with E-state index in [2.05, 4.69) is 34.6 Å². The molecule has 0 aliphatic carbocycles. The number of hydrogen-bond donors (Lipinski definition) is 2. The highest BCUT2D eigenvalue weighted by Gasteiger charge is 2.12. The Kier molecular flexibility index (Phi) is 6.49. The lowest BCUT2D eigenvalue weighted by atomic mass is 9.96. The van der Waals surface area contributed by atoms with Crippen LogP contribution in [-0.2, 0) is 9.59 Å². The second-order valence-corrected chi connectivity index (χ2v) is 6.70. The number of hydrogen-bond acceptors (Lipinski definition) is 4. The van der Waals surface area contributed by atoms with Crippen molar-refractivity contribution in [3.63, 3.8) is 0 Å². The molecule has 24 heavy (non-hydrogen) atoms. The van der Waals surface area contributed by atoms with Crippen LogP contribution in [0.15, 0.2) is 29.8 Å². The van der Waals surface area contributed by atoms with Gasteiger partial charge in [0.2, 0.25) is 5.91 Å². The maximum atomic E-state index is 11.9. The van der Waals surface area contributed by atoms with Crippen LogP contribution in [0, 0.1) is 6.92 Å². The number of amides is 1. The number of nitrogens with zero attached hydrogens (tertiary/aromatic N) is 1. The highest BCUT2D eigenvalue weighted by molar-refractivity contribution is 7.13. The quantitative estimate of drug-likeness (QED) is 0.716. The zero-order valence-electron chi connectivity index (χ0n) is 13.9. The van der Waals surface area contributed by atoms with Crippen LogP contribution in [0.25, 0.3) is 10.4 Å². The third-order valence-electron chi connectivity index (χ3n) is 3.87. The third kappa shape index (κ3) is 5.16. The number of rotatable bonds is 8. The first-order valence-electron chi connectivity index (χ1n) is 7.96. The molecule has 1 atom stereocenters. The van der Waals surface area contributed by atoms with E-state index >= 15 is 0 Å². The summed E-state index contributed by atoms with van der Waals surface area (Å²) in [7, 11) is 0. The minimum Gasteiger partial charge on any atom is -0.481 e. The van der Waals surface area contributed by atoms with Crippen molar-refractivity contribution < 1.29 is 14.7 Å². The van der Waals surface area contributed by atoms with Gasteiger partial charge in [0.25, 0.3) is 0 Å². The van der Waals surface area contributed by atoms with Crippen LogP contribution in [0.4, 0.5) is 0 Å². The molecule has 2 aromatic rings. The molecule has 0 bridgehead atoms. The van der Waals surface area contributed by atoms with E-state index in [-0.39, 0.29) is 18.2 Å². The summed E-state index contributed by atoms with van der Waals surface area (Å²) >= 11 is 1.62. The molecule has 0 aliphatic rings. The molecule has 128 valence electrons. The Hall–Kier alpha value is -2.21. The first kappa shape index (κ1) is 18.1. The van der Waals surface area contributed by atoms with Crippen LogP contribution < -0.4 is 5.32 Å². The number of benzene rings is 1. The number of aromatic nitrogens is 1. The van der Waals surface area contributed by atoms with E-state index < -0.39 is 5.97 Å². The van der Waals surface area contributed by atoms with E-state index in [1.165, 1.54) is 4.88 Å². The highest BCUT2D eigenvalue weighted by Crippen LogP contribution is 2.29. The topological polar surface area (TPSA) is 79.3 Å². The molecule has 0 saturated carbocycles. The SMILES string of the molecule is Cc1ncsc1-c1ccc([C@@H](C)CC(=O)NCCCC(=O)O)cc1. The van der Waals surface area contributed by atoms with Gasteiger partial charge in [0.05, 0.1) is 16.1 Å².